The molecule has 2 aromatic carbocycles. The Hall–Kier alpha value is -3.79. The second kappa shape index (κ2) is 10.8. The Kier molecular flexibility index (Phi) is 8.21. The van der Waals surface area contributed by atoms with Gasteiger partial charge in [-0.1, -0.05) is 18.2 Å². The average molecular weight is 421 g/mol. The first kappa shape index (κ1) is 23.5. The van der Waals surface area contributed by atoms with Crippen LogP contribution >= 0.6 is 0 Å². The monoisotopic (exact) mass is 421 g/mol. The number of carbonyl (C=O) groups excluding carboxylic acids is 2. The number of benzene rings is 2. The summed E-state index contributed by atoms with van der Waals surface area (Å²) >= 11 is 0. The van der Waals surface area contributed by atoms with E-state index < -0.39 is 12.0 Å². The van der Waals surface area contributed by atoms with Crippen molar-refractivity contribution in [1.29, 1.82) is 5.26 Å². The van der Waals surface area contributed by atoms with E-state index in [0.717, 1.165) is 5.56 Å². The number of nitriles is 1. The molecule has 2 amide bonds. The SMILES string of the molecule is CCOc1cc(/C=C(\C#N)C(=O)Nc2cccc(C)c2)ccc1O[C@@H](C)C(=O)N(C)C. The van der Waals surface area contributed by atoms with E-state index in [1.165, 1.54) is 11.0 Å². The third-order valence-corrected chi connectivity index (χ3v) is 4.31. The average Bonchev–Trinajstić information content (AvgIpc) is 2.73. The topological polar surface area (TPSA) is 91.7 Å². The van der Waals surface area contributed by atoms with Crippen LogP contribution in [0.3, 0.4) is 0 Å². The Morgan fingerprint density at radius 2 is 1.94 bits per heavy atom. The van der Waals surface area contributed by atoms with Crippen LogP contribution in [0.25, 0.3) is 6.08 Å². The smallest absolute Gasteiger partial charge is 0.266 e. The molecule has 0 spiro atoms. The highest BCUT2D eigenvalue weighted by atomic mass is 16.5. The maximum atomic E-state index is 12.5. The summed E-state index contributed by atoms with van der Waals surface area (Å²) in [4.78, 5) is 26.1. The van der Waals surface area contributed by atoms with Gasteiger partial charge in [-0.15, -0.1) is 0 Å². The van der Waals surface area contributed by atoms with E-state index in [2.05, 4.69) is 5.32 Å². The quantitative estimate of drug-likeness (QED) is 0.517. The normalized spacial score (nSPS) is 11.8. The number of aryl methyl sites for hydroxylation is 1. The third-order valence-electron chi connectivity index (χ3n) is 4.31. The molecule has 0 aromatic heterocycles. The van der Waals surface area contributed by atoms with Crippen LogP contribution in [0.2, 0.25) is 0 Å². The second-order valence-electron chi connectivity index (χ2n) is 7.13. The van der Waals surface area contributed by atoms with Crippen molar-refractivity contribution in [1.82, 2.24) is 4.90 Å². The lowest BCUT2D eigenvalue weighted by atomic mass is 10.1. The van der Waals surface area contributed by atoms with E-state index in [9.17, 15) is 14.9 Å². The minimum atomic E-state index is -0.689. The second-order valence-corrected chi connectivity index (χ2v) is 7.13. The standard InChI is InChI=1S/C24H27N3O4/c1-6-30-22-14-18(10-11-21(22)31-17(3)24(29)27(4)5)13-19(15-25)23(28)26-20-9-7-8-16(2)12-20/h7-14,17H,6H2,1-5H3,(H,26,28)/b19-13+/t17-/m0/s1. The molecule has 7 nitrogen and oxygen atoms in total. The first-order valence-corrected chi connectivity index (χ1v) is 9.89. The van der Waals surface area contributed by atoms with Crippen molar-refractivity contribution < 1.29 is 19.1 Å². The first-order chi connectivity index (χ1) is 14.7. The Morgan fingerprint density at radius 1 is 1.19 bits per heavy atom. The number of hydrogen-bond acceptors (Lipinski definition) is 5. The molecule has 0 fully saturated rings. The molecule has 2 rings (SSSR count). The zero-order valence-corrected chi connectivity index (χ0v) is 18.4. The van der Waals surface area contributed by atoms with Crippen LogP contribution in [-0.2, 0) is 9.59 Å². The van der Waals surface area contributed by atoms with Crippen molar-refractivity contribution in [2.75, 3.05) is 26.0 Å². The van der Waals surface area contributed by atoms with Crippen molar-refractivity contribution in [2.45, 2.75) is 26.9 Å². The maximum Gasteiger partial charge on any atom is 0.266 e. The van der Waals surface area contributed by atoms with Gasteiger partial charge in [0, 0.05) is 19.8 Å². The van der Waals surface area contributed by atoms with Gasteiger partial charge < -0.3 is 19.7 Å². The van der Waals surface area contributed by atoms with Gasteiger partial charge in [0.1, 0.15) is 11.6 Å². The lowest BCUT2D eigenvalue weighted by Crippen LogP contribution is -2.35. The van der Waals surface area contributed by atoms with Crippen LogP contribution < -0.4 is 14.8 Å². The molecule has 1 atom stereocenters. The number of nitrogens with zero attached hydrogens (tertiary/aromatic N) is 2. The van der Waals surface area contributed by atoms with E-state index in [1.807, 2.05) is 38.1 Å². The number of carbonyl (C=O) groups is 2. The minimum absolute atomic E-state index is 0.0474. The summed E-state index contributed by atoms with van der Waals surface area (Å²) in [7, 11) is 3.32. The van der Waals surface area contributed by atoms with Crippen LogP contribution in [0.5, 0.6) is 11.5 Å². The highest BCUT2D eigenvalue weighted by Crippen LogP contribution is 2.30. The van der Waals surface area contributed by atoms with Crippen molar-refractivity contribution in [2.24, 2.45) is 0 Å². The van der Waals surface area contributed by atoms with Gasteiger partial charge in [0.15, 0.2) is 17.6 Å². The summed E-state index contributed by atoms with van der Waals surface area (Å²) in [5, 5.41) is 12.2. The lowest BCUT2D eigenvalue weighted by molar-refractivity contribution is -0.135. The molecule has 0 saturated carbocycles. The van der Waals surface area contributed by atoms with Crippen molar-refractivity contribution in [3.05, 3.63) is 59.2 Å². The van der Waals surface area contributed by atoms with Gasteiger partial charge in [0.05, 0.1) is 6.61 Å². The fraction of sp³-hybridized carbons (Fsp3) is 0.292. The number of hydrogen-bond donors (Lipinski definition) is 1. The summed E-state index contributed by atoms with van der Waals surface area (Å²) in [5.41, 5.74) is 2.16. The van der Waals surface area contributed by atoms with E-state index in [4.69, 9.17) is 9.47 Å². The fourth-order valence-corrected chi connectivity index (χ4v) is 2.82. The van der Waals surface area contributed by atoms with Crippen LogP contribution in [0.1, 0.15) is 25.0 Å². The summed E-state index contributed by atoms with van der Waals surface area (Å²) in [6.07, 6.45) is 0.789. The summed E-state index contributed by atoms with van der Waals surface area (Å²) in [5.74, 6) is 0.151. The zero-order chi connectivity index (χ0) is 23.0. The van der Waals surface area contributed by atoms with Crippen molar-refractivity contribution in [3.8, 4) is 17.6 Å². The molecule has 0 aliphatic carbocycles. The van der Waals surface area contributed by atoms with Gasteiger partial charge in [0.25, 0.3) is 11.8 Å². The molecule has 0 heterocycles. The number of nitrogens with one attached hydrogen (secondary N) is 1. The molecular weight excluding hydrogens is 394 g/mol. The number of amides is 2. The summed E-state index contributed by atoms with van der Waals surface area (Å²) < 4.78 is 11.4. The molecule has 0 unspecified atom stereocenters. The molecule has 1 N–H and O–H groups in total. The Balaban J connectivity index is 2.26. The first-order valence-electron chi connectivity index (χ1n) is 9.89. The Morgan fingerprint density at radius 3 is 2.55 bits per heavy atom. The van der Waals surface area contributed by atoms with Gasteiger partial charge in [-0.2, -0.15) is 5.26 Å². The maximum absolute atomic E-state index is 12.5. The van der Waals surface area contributed by atoms with Gasteiger partial charge in [-0.3, -0.25) is 9.59 Å². The predicted octanol–water partition coefficient (Wildman–Crippen LogP) is 3.79. The minimum Gasteiger partial charge on any atom is -0.490 e. The predicted molar refractivity (Wildman–Crippen MR) is 120 cm³/mol. The van der Waals surface area contributed by atoms with E-state index in [1.54, 1.807) is 45.3 Å². The largest absolute Gasteiger partial charge is 0.490 e. The van der Waals surface area contributed by atoms with Crippen molar-refractivity contribution >= 4 is 23.6 Å². The molecule has 0 saturated heterocycles. The Labute approximate surface area is 182 Å². The van der Waals surface area contributed by atoms with Crippen LogP contribution in [-0.4, -0.2) is 43.5 Å². The molecule has 0 aliphatic heterocycles. The third kappa shape index (κ3) is 6.61. The number of rotatable bonds is 8. The van der Waals surface area contributed by atoms with Crippen LogP contribution in [0.4, 0.5) is 5.69 Å². The van der Waals surface area contributed by atoms with E-state index in [0.29, 0.717) is 29.4 Å². The molecular formula is C24H27N3O4. The number of likely N-dealkylation sites (N-methyl/N-ethyl adjacent to an activating group) is 1. The van der Waals surface area contributed by atoms with Crippen LogP contribution in [0.15, 0.2) is 48.0 Å². The molecule has 162 valence electrons. The van der Waals surface area contributed by atoms with E-state index >= 15 is 0 Å². The summed E-state index contributed by atoms with van der Waals surface area (Å²) in [6, 6.07) is 14.3. The van der Waals surface area contributed by atoms with Gasteiger partial charge in [-0.25, -0.2) is 0 Å². The fourth-order valence-electron chi connectivity index (χ4n) is 2.82. The molecule has 2 aromatic rings. The van der Waals surface area contributed by atoms with Crippen LogP contribution in [0, 0.1) is 18.3 Å². The Bertz CT molecular complexity index is 1020. The summed E-state index contributed by atoms with van der Waals surface area (Å²) in [6.45, 7) is 5.80. The van der Waals surface area contributed by atoms with Gasteiger partial charge >= 0.3 is 0 Å². The molecule has 7 heteroatoms. The van der Waals surface area contributed by atoms with Crippen molar-refractivity contribution in [3.63, 3.8) is 0 Å². The van der Waals surface area contributed by atoms with Gasteiger partial charge in [-0.05, 0) is 62.2 Å². The highest BCUT2D eigenvalue weighted by molar-refractivity contribution is 6.09. The molecule has 0 radical (unpaired) electrons. The number of ether oxygens (including phenoxy) is 2. The highest BCUT2D eigenvalue weighted by Gasteiger charge is 2.19. The molecule has 0 aliphatic rings. The van der Waals surface area contributed by atoms with E-state index in [-0.39, 0.29) is 11.5 Å². The lowest BCUT2D eigenvalue weighted by Gasteiger charge is -2.20. The molecule has 31 heavy (non-hydrogen) atoms. The van der Waals surface area contributed by atoms with Gasteiger partial charge in [0.2, 0.25) is 0 Å². The zero-order valence-electron chi connectivity index (χ0n) is 18.4. The molecule has 0 bridgehead atoms. The number of anilines is 1.